The average molecular weight is 246 g/mol. The Morgan fingerprint density at radius 3 is 2.94 bits per heavy atom. The van der Waals surface area contributed by atoms with Gasteiger partial charge in [0, 0.05) is 17.8 Å². The summed E-state index contributed by atoms with van der Waals surface area (Å²) in [5, 5.41) is 3.37. The van der Waals surface area contributed by atoms with Crippen molar-refractivity contribution in [1.82, 2.24) is 10.3 Å². The van der Waals surface area contributed by atoms with Gasteiger partial charge in [-0.05, 0) is 51.1 Å². The molecule has 0 spiro atoms. The number of hydrogen-bond donors (Lipinski definition) is 1. The smallest absolute Gasteiger partial charge is 0.213 e. The molecule has 1 fully saturated rings. The van der Waals surface area contributed by atoms with E-state index in [4.69, 9.17) is 4.74 Å². The Hall–Kier alpha value is -1.09. The van der Waals surface area contributed by atoms with Gasteiger partial charge in [-0.1, -0.05) is 12.5 Å². The molecule has 0 radical (unpaired) electrons. The van der Waals surface area contributed by atoms with E-state index in [1.807, 2.05) is 13.1 Å². The summed E-state index contributed by atoms with van der Waals surface area (Å²) >= 11 is 0. The molecular formula is C15H22N2O. The second kappa shape index (κ2) is 5.27. The van der Waals surface area contributed by atoms with E-state index in [0.29, 0.717) is 6.04 Å². The van der Waals surface area contributed by atoms with Crippen LogP contribution in [0, 0.1) is 0 Å². The number of pyridine rings is 1. The predicted molar refractivity (Wildman–Crippen MR) is 72.0 cm³/mol. The predicted octanol–water partition coefficient (Wildman–Crippen LogP) is 2.48. The highest BCUT2D eigenvalue weighted by Crippen LogP contribution is 2.26. The highest BCUT2D eigenvalue weighted by Gasteiger charge is 2.26. The number of likely N-dealkylation sites (N-methyl/N-ethyl adjacent to an activating group) is 1. The molecule has 2 aliphatic carbocycles. The van der Waals surface area contributed by atoms with Gasteiger partial charge in [-0.2, -0.15) is 0 Å². The molecule has 0 aromatic carbocycles. The van der Waals surface area contributed by atoms with Crippen molar-refractivity contribution < 1.29 is 4.74 Å². The first-order chi connectivity index (χ1) is 8.86. The van der Waals surface area contributed by atoms with Crippen LogP contribution in [-0.2, 0) is 12.8 Å². The largest absolute Gasteiger partial charge is 0.473 e. The number of rotatable bonds is 3. The summed E-state index contributed by atoms with van der Waals surface area (Å²) in [6.45, 7) is 0. The SMILES string of the molecule is CNC1CCCCC1Oc1ccc2c(n1)CCC2. The topological polar surface area (TPSA) is 34.1 Å². The van der Waals surface area contributed by atoms with Gasteiger partial charge in [0.05, 0.1) is 0 Å². The third-order valence-corrected chi connectivity index (χ3v) is 4.25. The van der Waals surface area contributed by atoms with Crippen LogP contribution in [0.15, 0.2) is 12.1 Å². The van der Waals surface area contributed by atoms with Crippen molar-refractivity contribution in [3.8, 4) is 5.88 Å². The van der Waals surface area contributed by atoms with E-state index in [0.717, 1.165) is 18.7 Å². The Labute approximate surface area is 109 Å². The fraction of sp³-hybridized carbons (Fsp3) is 0.667. The van der Waals surface area contributed by atoms with Crippen molar-refractivity contribution in [3.05, 3.63) is 23.4 Å². The summed E-state index contributed by atoms with van der Waals surface area (Å²) in [5.74, 6) is 0.822. The van der Waals surface area contributed by atoms with Crippen LogP contribution in [0.5, 0.6) is 5.88 Å². The average Bonchev–Trinajstić information content (AvgIpc) is 2.87. The van der Waals surface area contributed by atoms with Crippen molar-refractivity contribution >= 4 is 0 Å². The van der Waals surface area contributed by atoms with Crippen LogP contribution in [0.4, 0.5) is 0 Å². The molecule has 18 heavy (non-hydrogen) atoms. The first kappa shape index (κ1) is 12.0. The third kappa shape index (κ3) is 2.37. The summed E-state index contributed by atoms with van der Waals surface area (Å²) in [5.41, 5.74) is 2.67. The van der Waals surface area contributed by atoms with Gasteiger partial charge in [0.2, 0.25) is 5.88 Å². The van der Waals surface area contributed by atoms with E-state index in [9.17, 15) is 0 Å². The van der Waals surface area contributed by atoms with Gasteiger partial charge in [0.25, 0.3) is 0 Å². The molecular weight excluding hydrogens is 224 g/mol. The Bertz CT molecular complexity index is 419. The van der Waals surface area contributed by atoms with Crippen molar-refractivity contribution in [2.24, 2.45) is 0 Å². The zero-order valence-corrected chi connectivity index (χ0v) is 11.1. The van der Waals surface area contributed by atoms with Crippen LogP contribution in [0.1, 0.15) is 43.4 Å². The number of hydrogen-bond acceptors (Lipinski definition) is 3. The number of ether oxygens (including phenoxy) is 1. The fourth-order valence-corrected chi connectivity index (χ4v) is 3.19. The second-order valence-corrected chi connectivity index (χ2v) is 5.44. The van der Waals surface area contributed by atoms with Crippen molar-refractivity contribution in [2.75, 3.05) is 7.05 Å². The normalized spacial score (nSPS) is 26.9. The molecule has 3 nitrogen and oxygen atoms in total. The van der Waals surface area contributed by atoms with Crippen LogP contribution in [0.2, 0.25) is 0 Å². The summed E-state index contributed by atoms with van der Waals surface area (Å²) in [6, 6.07) is 4.72. The highest BCUT2D eigenvalue weighted by molar-refractivity contribution is 5.29. The number of nitrogens with zero attached hydrogens (tertiary/aromatic N) is 1. The van der Waals surface area contributed by atoms with Gasteiger partial charge >= 0.3 is 0 Å². The lowest BCUT2D eigenvalue weighted by Crippen LogP contribution is -2.43. The number of nitrogens with one attached hydrogen (secondary N) is 1. The minimum absolute atomic E-state index is 0.288. The van der Waals surface area contributed by atoms with Gasteiger partial charge in [-0.25, -0.2) is 4.98 Å². The van der Waals surface area contributed by atoms with Crippen LogP contribution >= 0.6 is 0 Å². The van der Waals surface area contributed by atoms with E-state index in [1.165, 1.54) is 43.4 Å². The Kier molecular flexibility index (Phi) is 3.50. The molecule has 3 heteroatoms. The lowest BCUT2D eigenvalue weighted by atomic mass is 9.92. The third-order valence-electron chi connectivity index (χ3n) is 4.25. The first-order valence-electron chi connectivity index (χ1n) is 7.19. The van der Waals surface area contributed by atoms with E-state index in [1.54, 1.807) is 0 Å². The van der Waals surface area contributed by atoms with Crippen molar-refractivity contribution in [2.45, 2.75) is 57.1 Å². The van der Waals surface area contributed by atoms with Gasteiger partial charge in [0.1, 0.15) is 6.10 Å². The molecule has 1 aromatic rings. The first-order valence-corrected chi connectivity index (χ1v) is 7.19. The molecule has 0 saturated heterocycles. The Morgan fingerprint density at radius 1 is 1.17 bits per heavy atom. The van der Waals surface area contributed by atoms with Gasteiger partial charge in [-0.3, -0.25) is 0 Å². The van der Waals surface area contributed by atoms with E-state index >= 15 is 0 Å². The molecule has 0 amide bonds. The maximum absolute atomic E-state index is 6.11. The lowest BCUT2D eigenvalue weighted by molar-refractivity contribution is 0.112. The molecule has 1 N–H and O–H groups in total. The van der Waals surface area contributed by atoms with Gasteiger partial charge < -0.3 is 10.1 Å². The zero-order valence-electron chi connectivity index (χ0n) is 11.1. The molecule has 0 aliphatic heterocycles. The number of aryl methyl sites for hydroxylation is 2. The van der Waals surface area contributed by atoms with E-state index < -0.39 is 0 Å². The molecule has 3 rings (SSSR count). The van der Waals surface area contributed by atoms with E-state index in [2.05, 4.69) is 16.4 Å². The Morgan fingerprint density at radius 2 is 2.06 bits per heavy atom. The molecule has 98 valence electrons. The molecule has 1 aromatic heterocycles. The van der Waals surface area contributed by atoms with Crippen LogP contribution in [0.25, 0.3) is 0 Å². The fourth-order valence-electron chi connectivity index (χ4n) is 3.19. The standard InChI is InChI=1S/C15H22N2O/c1-16-13-6-2-3-8-14(13)18-15-10-9-11-5-4-7-12(11)17-15/h9-10,13-14,16H,2-8H2,1H3. The van der Waals surface area contributed by atoms with E-state index in [-0.39, 0.29) is 6.10 Å². The molecule has 1 heterocycles. The van der Waals surface area contributed by atoms with Crippen LogP contribution in [-0.4, -0.2) is 24.2 Å². The number of fused-ring (bicyclic) bond motifs is 1. The molecule has 2 aliphatic rings. The maximum atomic E-state index is 6.11. The molecule has 1 saturated carbocycles. The maximum Gasteiger partial charge on any atom is 0.213 e. The Balaban J connectivity index is 1.71. The number of aromatic nitrogens is 1. The van der Waals surface area contributed by atoms with Crippen molar-refractivity contribution in [1.29, 1.82) is 0 Å². The molecule has 2 unspecified atom stereocenters. The van der Waals surface area contributed by atoms with Crippen LogP contribution in [0.3, 0.4) is 0 Å². The molecule has 0 bridgehead atoms. The highest BCUT2D eigenvalue weighted by atomic mass is 16.5. The summed E-state index contributed by atoms with van der Waals surface area (Å²) in [6.07, 6.45) is 8.77. The quantitative estimate of drug-likeness (QED) is 0.889. The van der Waals surface area contributed by atoms with Crippen molar-refractivity contribution in [3.63, 3.8) is 0 Å². The second-order valence-electron chi connectivity index (χ2n) is 5.44. The summed E-state index contributed by atoms with van der Waals surface area (Å²) < 4.78 is 6.11. The lowest BCUT2D eigenvalue weighted by Gasteiger charge is -2.31. The zero-order chi connectivity index (χ0) is 12.4. The minimum Gasteiger partial charge on any atom is -0.473 e. The monoisotopic (exact) mass is 246 g/mol. The summed E-state index contributed by atoms with van der Waals surface area (Å²) in [4.78, 5) is 4.67. The van der Waals surface area contributed by atoms with Gasteiger partial charge in [-0.15, -0.1) is 0 Å². The van der Waals surface area contributed by atoms with Gasteiger partial charge in [0.15, 0.2) is 0 Å². The molecule has 2 atom stereocenters. The minimum atomic E-state index is 0.288. The summed E-state index contributed by atoms with van der Waals surface area (Å²) in [7, 11) is 2.03. The van der Waals surface area contributed by atoms with Crippen LogP contribution < -0.4 is 10.1 Å².